The van der Waals surface area contributed by atoms with Gasteiger partial charge in [-0.05, 0) is 25.0 Å². The first-order valence-corrected chi connectivity index (χ1v) is 9.93. The lowest BCUT2D eigenvalue weighted by Crippen LogP contribution is -2.48. The number of benzene rings is 2. The van der Waals surface area contributed by atoms with Crippen LogP contribution in [0.4, 0.5) is 9.18 Å². The lowest BCUT2D eigenvalue weighted by Gasteiger charge is -2.33. The van der Waals surface area contributed by atoms with Gasteiger partial charge in [-0.2, -0.15) is 0 Å². The molecule has 1 fully saturated rings. The summed E-state index contributed by atoms with van der Waals surface area (Å²) in [4.78, 5) is 14.7. The highest BCUT2D eigenvalue weighted by molar-refractivity contribution is 5.75. The average molecular weight is 383 g/mol. The van der Waals surface area contributed by atoms with Gasteiger partial charge in [0, 0.05) is 43.2 Å². The number of rotatable bonds is 4. The van der Waals surface area contributed by atoms with Crippen molar-refractivity contribution in [2.24, 2.45) is 0 Å². The molecule has 2 heterocycles. The van der Waals surface area contributed by atoms with Gasteiger partial charge in [-0.3, -0.25) is 4.90 Å². The van der Waals surface area contributed by atoms with Gasteiger partial charge in [-0.25, -0.2) is 9.18 Å². The van der Waals surface area contributed by atoms with E-state index in [-0.39, 0.29) is 23.9 Å². The van der Waals surface area contributed by atoms with Crippen LogP contribution in [0.5, 0.6) is 5.75 Å². The summed E-state index contributed by atoms with van der Waals surface area (Å²) in [5.74, 6) is 0.694. The fraction of sp³-hybridized carbons (Fsp3) is 0.409. The van der Waals surface area contributed by atoms with Crippen molar-refractivity contribution in [3.63, 3.8) is 0 Å². The second-order valence-corrected chi connectivity index (χ2v) is 7.49. The third-order valence-corrected chi connectivity index (χ3v) is 5.54. The van der Waals surface area contributed by atoms with E-state index in [0.29, 0.717) is 13.2 Å². The molecule has 28 heavy (non-hydrogen) atoms. The van der Waals surface area contributed by atoms with Crippen molar-refractivity contribution in [1.29, 1.82) is 0 Å². The van der Waals surface area contributed by atoms with Gasteiger partial charge in [-0.1, -0.05) is 36.4 Å². The molecule has 2 aliphatic heterocycles. The molecule has 0 spiro atoms. The van der Waals surface area contributed by atoms with Crippen LogP contribution in [-0.4, -0.2) is 36.7 Å². The molecule has 4 rings (SSSR count). The second-order valence-electron chi connectivity index (χ2n) is 7.49. The molecule has 5 nitrogen and oxygen atoms in total. The molecule has 0 saturated carbocycles. The molecule has 148 valence electrons. The topological polar surface area (TPSA) is 53.6 Å². The zero-order valence-electron chi connectivity index (χ0n) is 15.9. The van der Waals surface area contributed by atoms with Gasteiger partial charge < -0.3 is 15.4 Å². The highest BCUT2D eigenvalue weighted by atomic mass is 19.1. The first kappa shape index (κ1) is 18.7. The summed E-state index contributed by atoms with van der Waals surface area (Å²) in [5, 5.41) is 6.19. The van der Waals surface area contributed by atoms with Gasteiger partial charge in [0.25, 0.3) is 0 Å². The number of carbonyl (C=O) groups is 1. The maximum atomic E-state index is 13.8. The van der Waals surface area contributed by atoms with Crippen molar-refractivity contribution in [3.8, 4) is 5.75 Å². The molecule has 0 unspecified atom stereocenters. The van der Waals surface area contributed by atoms with Gasteiger partial charge in [-0.15, -0.1) is 0 Å². The van der Waals surface area contributed by atoms with Gasteiger partial charge in [0.1, 0.15) is 11.6 Å². The van der Waals surface area contributed by atoms with Gasteiger partial charge in [0.05, 0.1) is 12.6 Å². The van der Waals surface area contributed by atoms with Crippen molar-refractivity contribution < 1.29 is 13.9 Å². The summed E-state index contributed by atoms with van der Waals surface area (Å²) in [5.41, 5.74) is 1.76. The summed E-state index contributed by atoms with van der Waals surface area (Å²) < 4.78 is 19.5. The summed E-state index contributed by atoms with van der Waals surface area (Å²) in [7, 11) is 0. The number of piperidine rings is 1. The van der Waals surface area contributed by atoms with Crippen molar-refractivity contribution in [2.75, 3.05) is 19.7 Å². The predicted octanol–water partition coefficient (Wildman–Crippen LogP) is 3.61. The number of ether oxygens (including phenoxy) is 1. The fourth-order valence-electron chi connectivity index (χ4n) is 3.98. The molecule has 0 bridgehead atoms. The Balaban J connectivity index is 1.25. The Hall–Kier alpha value is -2.60. The Bertz CT molecular complexity index is 821. The molecule has 1 atom stereocenters. The first-order chi connectivity index (χ1) is 13.7. The molecule has 2 N–H and O–H groups in total. The van der Waals surface area contributed by atoms with E-state index < -0.39 is 0 Å². The summed E-state index contributed by atoms with van der Waals surface area (Å²) in [6.07, 6.45) is 2.50. The fourth-order valence-corrected chi connectivity index (χ4v) is 3.98. The van der Waals surface area contributed by atoms with E-state index in [0.717, 1.165) is 49.2 Å². The lowest BCUT2D eigenvalue weighted by atomic mass is 10.0. The number of carbonyl (C=O) groups excluding carboxylic acids is 1. The Labute approximate surface area is 164 Å². The molecule has 0 aromatic heterocycles. The van der Waals surface area contributed by atoms with Crippen molar-refractivity contribution in [2.45, 2.75) is 37.9 Å². The number of nitrogens with zero attached hydrogens (tertiary/aromatic N) is 1. The maximum Gasteiger partial charge on any atom is 0.315 e. The summed E-state index contributed by atoms with van der Waals surface area (Å²) in [6, 6.07) is 14.7. The lowest BCUT2D eigenvalue weighted by molar-refractivity contribution is 0.182. The number of para-hydroxylation sites is 1. The second kappa shape index (κ2) is 8.61. The van der Waals surface area contributed by atoms with E-state index in [2.05, 4.69) is 15.5 Å². The Morgan fingerprint density at radius 2 is 1.79 bits per heavy atom. The average Bonchev–Trinajstić information content (AvgIpc) is 2.71. The number of nitrogens with one attached hydrogen (secondary N) is 2. The molecule has 2 amide bonds. The summed E-state index contributed by atoms with van der Waals surface area (Å²) >= 11 is 0. The maximum absolute atomic E-state index is 13.8. The van der Waals surface area contributed by atoms with Crippen LogP contribution < -0.4 is 15.4 Å². The zero-order chi connectivity index (χ0) is 19.3. The SMILES string of the molecule is O=C(NC1CCN(Cc2ccccc2F)CC1)N[C@@H]1CCOc2ccccc21. The van der Waals surface area contributed by atoms with Crippen LogP contribution in [0.25, 0.3) is 0 Å². The molecule has 2 aliphatic rings. The van der Waals surface area contributed by atoms with E-state index in [1.54, 1.807) is 6.07 Å². The van der Waals surface area contributed by atoms with Gasteiger partial charge in [0.15, 0.2) is 0 Å². The van der Waals surface area contributed by atoms with Crippen LogP contribution in [0.2, 0.25) is 0 Å². The van der Waals surface area contributed by atoms with Crippen LogP contribution >= 0.6 is 0 Å². The number of fused-ring (bicyclic) bond motifs is 1. The van der Waals surface area contributed by atoms with E-state index in [4.69, 9.17) is 4.74 Å². The minimum Gasteiger partial charge on any atom is -0.493 e. The highest BCUT2D eigenvalue weighted by Crippen LogP contribution is 2.31. The Kier molecular flexibility index (Phi) is 5.76. The molecule has 1 saturated heterocycles. The Morgan fingerprint density at radius 3 is 2.61 bits per heavy atom. The van der Waals surface area contributed by atoms with E-state index in [1.807, 2.05) is 36.4 Å². The molecular formula is C22H26FN3O2. The standard InChI is InChI=1S/C22H26FN3O2/c23-19-7-3-1-5-16(19)15-26-12-9-17(10-13-26)24-22(27)25-20-11-14-28-21-8-4-2-6-18(20)21/h1-8,17,20H,9-15H2,(H2,24,25,27)/t20-/m1/s1. The molecule has 2 aromatic carbocycles. The molecule has 6 heteroatoms. The monoisotopic (exact) mass is 383 g/mol. The molecular weight excluding hydrogens is 357 g/mol. The number of hydrogen-bond donors (Lipinski definition) is 2. The smallest absolute Gasteiger partial charge is 0.315 e. The van der Waals surface area contributed by atoms with Gasteiger partial charge >= 0.3 is 6.03 Å². The third kappa shape index (κ3) is 4.44. The number of urea groups is 1. The van der Waals surface area contributed by atoms with Crippen LogP contribution in [0.15, 0.2) is 48.5 Å². The minimum absolute atomic E-state index is 0.0221. The molecule has 0 radical (unpaired) electrons. The highest BCUT2D eigenvalue weighted by Gasteiger charge is 2.25. The van der Waals surface area contributed by atoms with Crippen LogP contribution in [-0.2, 0) is 6.54 Å². The van der Waals surface area contributed by atoms with Crippen LogP contribution in [0.1, 0.15) is 36.4 Å². The predicted molar refractivity (Wildman–Crippen MR) is 106 cm³/mol. The zero-order valence-corrected chi connectivity index (χ0v) is 15.9. The number of likely N-dealkylation sites (tertiary alicyclic amines) is 1. The quantitative estimate of drug-likeness (QED) is 0.848. The largest absolute Gasteiger partial charge is 0.493 e. The number of halogens is 1. The van der Waals surface area contributed by atoms with E-state index >= 15 is 0 Å². The molecule has 0 aliphatic carbocycles. The third-order valence-electron chi connectivity index (χ3n) is 5.54. The number of hydrogen-bond acceptors (Lipinski definition) is 3. The van der Waals surface area contributed by atoms with Gasteiger partial charge in [0.2, 0.25) is 0 Å². The van der Waals surface area contributed by atoms with Crippen molar-refractivity contribution >= 4 is 6.03 Å². The Morgan fingerprint density at radius 1 is 1.04 bits per heavy atom. The van der Waals surface area contributed by atoms with E-state index in [1.165, 1.54) is 6.07 Å². The minimum atomic E-state index is -0.154. The molecule has 2 aromatic rings. The van der Waals surface area contributed by atoms with Crippen molar-refractivity contribution in [1.82, 2.24) is 15.5 Å². The normalized spacial score (nSPS) is 20.1. The van der Waals surface area contributed by atoms with Crippen LogP contribution in [0.3, 0.4) is 0 Å². The van der Waals surface area contributed by atoms with Crippen LogP contribution in [0, 0.1) is 5.82 Å². The summed E-state index contributed by atoms with van der Waals surface area (Å²) in [6.45, 7) is 2.92. The van der Waals surface area contributed by atoms with E-state index in [9.17, 15) is 9.18 Å². The number of amides is 2. The first-order valence-electron chi connectivity index (χ1n) is 9.93. The van der Waals surface area contributed by atoms with Crippen molar-refractivity contribution in [3.05, 3.63) is 65.5 Å².